The number of hydrogen-bond donors (Lipinski definition) is 0. The molecule has 0 radical (unpaired) electrons. The van der Waals surface area contributed by atoms with Crippen molar-refractivity contribution in [2.75, 3.05) is 0 Å². The lowest BCUT2D eigenvalue weighted by atomic mass is 9.80. The second kappa shape index (κ2) is 5.13. The highest BCUT2D eigenvalue weighted by molar-refractivity contribution is 6.31. The summed E-state index contributed by atoms with van der Waals surface area (Å²) in [6.07, 6.45) is 9.69. The molecule has 1 aliphatic carbocycles. The Morgan fingerprint density at radius 2 is 2.05 bits per heavy atom. The molecule has 1 aromatic carbocycles. The summed E-state index contributed by atoms with van der Waals surface area (Å²) in [5.41, 5.74) is 2.28. The van der Waals surface area contributed by atoms with Gasteiger partial charge in [-0.1, -0.05) is 24.3 Å². The third-order valence-corrected chi connectivity index (χ3v) is 4.61. The molecular formula is C19H18ClFO. The van der Waals surface area contributed by atoms with Crippen LogP contribution in [0.4, 0.5) is 4.39 Å². The van der Waals surface area contributed by atoms with Gasteiger partial charge in [-0.25, -0.2) is 4.39 Å². The monoisotopic (exact) mass is 316 g/mol. The largest absolute Gasteiger partial charge is 0.486 e. The van der Waals surface area contributed by atoms with E-state index < -0.39 is 4.87 Å². The fraction of sp³-hybridized carbons (Fsp3) is 0.263. The lowest BCUT2D eigenvalue weighted by molar-refractivity contribution is 0.0582. The van der Waals surface area contributed by atoms with Gasteiger partial charge in [0, 0.05) is 0 Å². The van der Waals surface area contributed by atoms with E-state index in [4.69, 9.17) is 16.3 Å². The van der Waals surface area contributed by atoms with Crippen LogP contribution in [-0.2, 0) is 4.74 Å². The Kier molecular flexibility index (Phi) is 3.53. The van der Waals surface area contributed by atoms with Crippen LogP contribution in [0.15, 0.2) is 65.5 Å². The van der Waals surface area contributed by atoms with Gasteiger partial charge >= 0.3 is 0 Å². The zero-order valence-electron chi connectivity index (χ0n) is 12.9. The van der Waals surface area contributed by atoms with Crippen LogP contribution >= 0.6 is 11.6 Å². The van der Waals surface area contributed by atoms with Gasteiger partial charge in [-0.2, -0.15) is 0 Å². The number of alkyl halides is 1. The number of benzene rings is 1. The molecule has 1 nitrogen and oxygen atoms in total. The van der Waals surface area contributed by atoms with Crippen LogP contribution in [0.1, 0.15) is 26.3 Å². The molecule has 1 heterocycles. The highest BCUT2D eigenvalue weighted by Gasteiger charge is 2.45. The Bertz CT molecular complexity index is 740. The summed E-state index contributed by atoms with van der Waals surface area (Å²) in [5.74, 6) is 0.450. The number of ether oxygens (including phenoxy) is 1. The van der Waals surface area contributed by atoms with E-state index in [1.807, 2.05) is 57.2 Å². The summed E-state index contributed by atoms with van der Waals surface area (Å²) in [6.45, 7) is 6.01. The van der Waals surface area contributed by atoms with Gasteiger partial charge in [0.1, 0.15) is 22.1 Å². The Balaban J connectivity index is 2.11. The van der Waals surface area contributed by atoms with Gasteiger partial charge in [0.05, 0.1) is 0 Å². The first-order valence-electron chi connectivity index (χ1n) is 7.26. The van der Waals surface area contributed by atoms with Crippen molar-refractivity contribution in [1.82, 2.24) is 0 Å². The third kappa shape index (κ3) is 2.52. The molecule has 3 rings (SSSR count). The number of allylic oxidation sites excluding steroid dienone is 4. The van der Waals surface area contributed by atoms with Gasteiger partial charge in [0.25, 0.3) is 0 Å². The van der Waals surface area contributed by atoms with E-state index in [2.05, 4.69) is 0 Å². The number of fused-ring (bicyclic) bond motifs is 1. The molecule has 3 heteroatoms. The molecule has 0 fully saturated rings. The van der Waals surface area contributed by atoms with Crippen LogP contribution < -0.4 is 0 Å². The van der Waals surface area contributed by atoms with Gasteiger partial charge in [0.2, 0.25) is 0 Å². The summed E-state index contributed by atoms with van der Waals surface area (Å²) < 4.78 is 19.4. The van der Waals surface area contributed by atoms with E-state index in [9.17, 15) is 4.39 Å². The fourth-order valence-electron chi connectivity index (χ4n) is 2.99. The topological polar surface area (TPSA) is 9.23 Å². The molecule has 0 saturated heterocycles. The summed E-state index contributed by atoms with van der Waals surface area (Å²) in [5, 5.41) is 0. The van der Waals surface area contributed by atoms with Crippen LogP contribution in [0, 0.1) is 5.82 Å². The third-order valence-electron chi connectivity index (χ3n) is 3.91. The quantitative estimate of drug-likeness (QED) is 0.498. The molecule has 0 amide bonds. The highest BCUT2D eigenvalue weighted by Crippen LogP contribution is 2.49. The predicted molar refractivity (Wildman–Crippen MR) is 89.1 cm³/mol. The average Bonchev–Trinajstić information content (AvgIpc) is 2.41. The molecule has 2 aliphatic rings. The molecule has 0 spiro atoms. The van der Waals surface area contributed by atoms with E-state index in [1.165, 1.54) is 12.1 Å². The molecule has 1 unspecified atom stereocenters. The Labute approximate surface area is 135 Å². The highest BCUT2D eigenvalue weighted by atomic mass is 35.5. The zero-order valence-corrected chi connectivity index (χ0v) is 13.6. The maximum atomic E-state index is 13.4. The minimum Gasteiger partial charge on any atom is -0.486 e. The smallest absolute Gasteiger partial charge is 0.147 e. The minimum absolute atomic E-state index is 0.262. The molecule has 1 aromatic rings. The normalized spacial score (nSPS) is 27.8. The van der Waals surface area contributed by atoms with E-state index in [0.717, 1.165) is 16.7 Å². The zero-order chi connectivity index (χ0) is 16.0. The molecular weight excluding hydrogens is 299 g/mol. The second-order valence-electron chi connectivity index (χ2n) is 6.24. The average molecular weight is 317 g/mol. The molecule has 1 atom stereocenters. The van der Waals surface area contributed by atoms with E-state index in [-0.39, 0.29) is 11.4 Å². The Hall–Kier alpha value is -1.80. The predicted octanol–water partition coefficient (Wildman–Crippen LogP) is 5.40. The maximum Gasteiger partial charge on any atom is 0.147 e. The van der Waals surface area contributed by atoms with Crippen molar-refractivity contribution in [3.8, 4) is 0 Å². The molecule has 0 aromatic heterocycles. The number of halogens is 2. The van der Waals surface area contributed by atoms with Crippen molar-refractivity contribution >= 4 is 17.7 Å². The molecule has 22 heavy (non-hydrogen) atoms. The van der Waals surface area contributed by atoms with E-state index in [0.29, 0.717) is 5.76 Å². The summed E-state index contributed by atoms with van der Waals surface area (Å²) >= 11 is 6.94. The van der Waals surface area contributed by atoms with Crippen molar-refractivity contribution in [1.29, 1.82) is 0 Å². The van der Waals surface area contributed by atoms with Gasteiger partial charge in [0.15, 0.2) is 0 Å². The van der Waals surface area contributed by atoms with Crippen LogP contribution in [0.2, 0.25) is 0 Å². The molecule has 114 valence electrons. The van der Waals surface area contributed by atoms with Crippen molar-refractivity contribution in [2.45, 2.75) is 31.2 Å². The fourth-order valence-corrected chi connectivity index (χ4v) is 3.27. The van der Waals surface area contributed by atoms with Crippen LogP contribution in [-0.4, -0.2) is 10.5 Å². The van der Waals surface area contributed by atoms with E-state index >= 15 is 0 Å². The molecule has 1 aliphatic heterocycles. The van der Waals surface area contributed by atoms with E-state index in [1.54, 1.807) is 6.07 Å². The lowest BCUT2D eigenvalue weighted by Gasteiger charge is -2.42. The minimum atomic E-state index is -0.823. The van der Waals surface area contributed by atoms with Crippen molar-refractivity contribution in [2.24, 2.45) is 0 Å². The number of hydrogen-bond acceptors (Lipinski definition) is 1. The molecule has 0 N–H and O–H groups in total. The van der Waals surface area contributed by atoms with Gasteiger partial charge in [-0.15, -0.1) is 11.6 Å². The van der Waals surface area contributed by atoms with Gasteiger partial charge < -0.3 is 4.74 Å². The number of rotatable bonds is 1. The van der Waals surface area contributed by atoms with Crippen LogP contribution in [0.25, 0.3) is 6.08 Å². The summed E-state index contributed by atoms with van der Waals surface area (Å²) in [7, 11) is 0. The summed E-state index contributed by atoms with van der Waals surface area (Å²) in [4.78, 5) is -0.823. The Morgan fingerprint density at radius 3 is 2.77 bits per heavy atom. The lowest BCUT2D eigenvalue weighted by Crippen LogP contribution is -2.40. The van der Waals surface area contributed by atoms with Crippen molar-refractivity contribution in [3.05, 3.63) is 76.9 Å². The molecule has 0 bridgehead atoms. The first kappa shape index (κ1) is 15.1. The van der Waals surface area contributed by atoms with Crippen LogP contribution in [0.5, 0.6) is 0 Å². The first-order chi connectivity index (χ1) is 10.3. The second-order valence-corrected chi connectivity index (χ2v) is 6.80. The molecule has 0 saturated carbocycles. The maximum absolute atomic E-state index is 13.4. The van der Waals surface area contributed by atoms with Crippen LogP contribution in [0.3, 0.4) is 0 Å². The first-order valence-corrected chi connectivity index (χ1v) is 7.63. The van der Waals surface area contributed by atoms with Crippen molar-refractivity contribution < 1.29 is 9.13 Å². The standard InChI is InChI=1S/C19H18ClFO/c1-13-12-18(2,3)22-17-9-5-7-15(19(13,17)20)10-14-6-4-8-16(21)11-14/h4-12H,1-3H3/b15-10-. The summed E-state index contributed by atoms with van der Waals surface area (Å²) in [6, 6.07) is 6.47. The SMILES string of the molecule is CC1=CC(C)(C)OC2=CC=C/C(=C/c3cccc(F)c3)C12Cl. The van der Waals surface area contributed by atoms with Gasteiger partial charge in [-0.3, -0.25) is 0 Å². The Morgan fingerprint density at radius 1 is 1.27 bits per heavy atom. The van der Waals surface area contributed by atoms with Crippen molar-refractivity contribution in [3.63, 3.8) is 0 Å². The van der Waals surface area contributed by atoms with Gasteiger partial charge in [-0.05, 0) is 67.8 Å².